The number of benzene rings is 1. The predicted molar refractivity (Wildman–Crippen MR) is 124 cm³/mol. The topological polar surface area (TPSA) is 80.6 Å². The summed E-state index contributed by atoms with van der Waals surface area (Å²) < 4.78 is 33.7. The Morgan fingerprint density at radius 2 is 1.68 bits per heavy atom. The van der Waals surface area contributed by atoms with E-state index < -0.39 is 10.0 Å². The Morgan fingerprint density at radius 3 is 2.23 bits per heavy atom. The number of thiophene rings is 1. The summed E-state index contributed by atoms with van der Waals surface area (Å²) in [7, 11) is 0.739. The second-order valence-electron chi connectivity index (χ2n) is 7.52. The van der Waals surface area contributed by atoms with E-state index in [9.17, 15) is 13.2 Å². The first-order chi connectivity index (χ1) is 14.5. The SMILES string of the molecule is COc1ccc(S(=O)(=O)N(C)C)cc1NC(=O)c1c(-n2c(C)ccc2C)sc(C)c1C. The van der Waals surface area contributed by atoms with Gasteiger partial charge >= 0.3 is 0 Å². The van der Waals surface area contributed by atoms with E-state index in [1.165, 1.54) is 33.3 Å². The Labute approximate surface area is 187 Å². The van der Waals surface area contributed by atoms with Crippen molar-refractivity contribution in [1.29, 1.82) is 0 Å². The normalized spacial score (nSPS) is 11.7. The molecule has 3 rings (SSSR count). The lowest BCUT2D eigenvalue weighted by Gasteiger charge is -2.16. The summed E-state index contributed by atoms with van der Waals surface area (Å²) in [4.78, 5) is 14.5. The van der Waals surface area contributed by atoms with Gasteiger partial charge in [0.05, 0.1) is 23.3 Å². The molecule has 0 aliphatic heterocycles. The molecule has 1 amide bonds. The first-order valence-electron chi connectivity index (χ1n) is 9.66. The Balaban J connectivity index is 2.09. The summed E-state index contributed by atoms with van der Waals surface area (Å²) in [5.74, 6) is 0.0626. The third-order valence-corrected chi connectivity index (χ3v) is 8.27. The van der Waals surface area contributed by atoms with Crippen molar-refractivity contribution in [2.24, 2.45) is 0 Å². The molecule has 7 nitrogen and oxygen atoms in total. The number of aryl methyl sites for hydroxylation is 3. The quantitative estimate of drug-likeness (QED) is 0.594. The van der Waals surface area contributed by atoms with E-state index >= 15 is 0 Å². The number of ether oxygens (including phenoxy) is 1. The number of nitrogens with one attached hydrogen (secondary N) is 1. The van der Waals surface area contributed by atoms with Crippen molar-refractivity contribution in [3.8, 4) is 10.8 Å². The van der Waals surface area contributed by atoms with Crippen LogP contribution < -0.4 is 10.1 Å². The minimum atomic E-state index is -3.66. The Morgan fingerprint density at radius 1 is 1.06 bits per heavy atom. The van der Waals surface area contributed by atoms with Gasteiger partial charge in [-0.3, -0.25) is 4.79 Å². The maximum Gasteiger partial charge on any atom is 0.259 e. The van der Waals surface area contributed by atoms with Crippen LogP contribution in [0, 0.1) is 27.7 Å². The van der Waals surface area contributed by atoms with Crippen LogP contribution in [-0.4, -0.2) is 44.4 Å². The number of carbonyl (C=O) groups is 1. The summed E-state index contributed by atoms with van der Waals surface area (Å²) in [5.41, 5.74) is 3.81. The molecule has 166 valence electrons. The molecule has 0 aliphatic carbocycles. The number of aromatic nitrogens is 1. The molecule has 31 heavy (non-hydrogen) atoms. The number of anilines is 1. The average molecular weight is 462 g/mol. The molecule has 0 fully saturated rings. The molecule has 0 saturated carbocycles. The van der Waals surface area contributed by atoms with Gasteiger partial charge in [0.25, 0.3) is 5.91 Å². The summed E-state index contributed by atoms with van der Waals surface area (Å²) in [5, 5.41) is 3.71. The summed E-state index contributed by atoms with van der Waals surface area (Å²) >= 11 is 1.56. The third-order valence-electron chi connectivity index (χ3n) is 5.27. The van der Waals surface area contributed by atoms with Gasteiger partial charge in [0, 0.05) is 30.4 Å². The molecular formula is C22H27N3O4S2. The van der Waals surface area contributed by atoms with Gasteiger partial charge < -0.3 is 14.6 Å². The van der Waals surface area contributed by atoms with Crippen LogP contribution in [0.3, 0.4) is 0 Å². The number of rotatable bonds is 6. The second-order valence-corrected chi connectivity index (χ2v) is 10.9. The fourth-order valence-corrected chi connectivity index (χ4v) is 5.56. The number of nitrogens with zero attached hydrogens (tertiary/aromatic N) is 2. The number of hydrogen-bond acceptors (Lipinski definition) is 5. The van der Waals surface area contributed by atoms with Gasteiger partial charge in [0.15, 0.2) is 0 Å². The molecule has 0 aliphatic rings. The Bertz CT molecular complexity index is 1230. The number of amides is 1. The van der Waals surface area contributed by atoms with Crippen molar-refractivity contribution < 1.29 is 17.9 Å². The monoisotopic (exact) mass is 461 g/mol. The highest BCUT2D eigenvalue weighted by Crippen LogP contribution is 2.35. The van der Waals surface area contributed by atoms with Crippen LogP contribution in [0.4, 0.5) is 5.69 Å². The van der Waals surface area contributed by atoms with Crippen molar-refractivity contribution in [3.05, 3.63) is 57.7 Å². The molecular weight excluding hydrogens is 434 g/mol. The zero-order valence-corrected chi connectivity index (χ0v) is 20.4. The van der Waals surface area contributed by atoms with Crippen LogP contribution in [0.2, 0.25) is 0 Å². The van der Waals surface area contributed by atoms with Crippen LogP contribution in [-0.2, 0) is 10.0 Å². The lowest BCUT2D eigenvalue weighted by molar-refractivity contribution is 0.102. The van der Waals surface area contributed by atoms with Gasteiger partial charge in [-0.15, -0.1) is 11.3 Å². The van der Waals surface area contributed by atoms with Gasteiger partial charge in [0.2, 0.25) is 10.0 Å². The highest BCUT2D eigenvalue weighted by molar-refractivity contribution is 7.89. The van der Waals surface area contributed by atoms with E-state index in [1.807, 2.05) is 39.8 Å². The lowest BCUT2D eigenvalue weighted by atomic mass is 10.1. The summed E-state index contributed by atoms with van der Waals surface area (Å²) in [6, 6.07) is 8.45. The van der Waals surface area contributed by atoms with Gasteiger partial charge in [-0.1, -0.05) is 0 Å². The summed E-state index contributed by atoms with van der Waals surface area (Å²) in [6.07, 6.45) is 0. The Hall–Kier alpha value is -2.62. The molecule has 1 N–H and O–H groups in total. The molecule has 0 unspecified atom stereocenters. The zero-order valence-electron chi connectivity index (χ0n) is 18.7. The van der Waals surface area contributed by atoms with E-state index in [0.29, 0.717) is 17.0 Å². The molecule has 9 heteroatoms. The van der Waals surface area contributed by atoms with Crippen LogP contribution in [0.25, 0.3) is 5.00 Å². The fourth-order valence-electron chi connectivity index (χ4n) is 3.36. The molecule has 1 aromatic carbocycles. The van der Waals surface area contributed by atoms with Crippen molar-refractivity contribution in [3.63, 3.8) is 0 Å². The molecule has 0 atom stereocenters. The summed E-state index contributed by atoms with van der Waals surface area (Å²) in [6.45, 7) is 7.90. The highest BCUT2D eigenvalue weighted by Gasteiger charge is 2.25. The van der Waals surface area contributed by atoms with Gasteiger partial charge in [0.1, 0.15) is 10.8 Å². The second kappa shape index (κ2) is 8.49. The minimum Gasteiger partial charge on any atom is -0.495 e. The van der Waals surface area contributed by atoms with Crippen LogP contribution in [0.5, 0.6) is 5.75 Å². The van der Waals surface area contributed by atoms with E-state index in [1.54, 1.807) is 17.4 Å². The maximum atomic E-state index is 13.4. The van der Waals surface area contributed by atoms with Gasteiger partial charge in [-0.05, 0) is 63.6 Å². The van der Waals surface area contributed by atoms with Gasteiger partial charge in [-0.25, -0.2) is 12.7 Å². The molecule has 0 bridgehead atoms. The van der Waals surface area contributed by atoms with E-state index in [2.05, 4.69) is 9.88 Å². The molecule has 0 saturated heterocycles. The van der Waals surface area contributed by atoms with Crippen LogP contribution in [0.15, 0.2) is 35.2 Å². The lowest BCUT2D eigenvalue weighted by Crippen LogP contribution is -2.22. The largest absolute Gasteiger partial charge is 0.495 e. The smallest absolute Gasteiger partial charge is 0.259 e. The molecule has 2 heterocycles. The number of methoxy groups -OCH3 is 1. The molecule has 0 spiro atoms. The third kappa shape index (κ3) is 4.13. The maximum absolute atomic E-state index is 13.4. The van der Waals surface area contributed by atoms with Crippen molar-refractivity contribution >= 4 is 33.0 Å². The van der Waals surface area contributed by atoms with Crippen LogP contribution >= 0.6 is 11.3 Å². The number of carbonyl (C=O) groups excluding carboxylic acids is 1. The standard InChI is InChI=1S/C22H27N3O4S2/c1-13-8-9-14(2)25(13)22-20(15(3)16(4)30-22)21(26)23-18-12-17(10-11-19(18)29-7)31(27,28)24(5)6/h8-12H,1-7H3,(H,23,26). The minimum absolute atomic E-state index is 0.0733. The first kappa shape index (κ1) is 23.1. The fraction of sp³-hybridized carbons (Fsp3) is 0.318. The van der Waals surface area contributed by atoms with Crippen molar-refractivity contribution in [2.45, 2.75) is 32.6 Å². The predicted octanol–water partition coefficient (Wildman–Crippen LogP) is 4.28. The molecule has 2 aromatic heterocycles. The van der Waals surface area contributed by atoms with E-state index in [4.69, 9.17) is 4.74 Å². The first-order valence-corrected chi connectivity index (χ1v) is 11.9. The zero-order chi connectivity index (χ0) is 23.1. The van der Waals surface area contributed by atoms with E-state index in [-0.39, 0.29) is 10.8 Å². The molecule has 0 radical (unpaired) electrons. The van der Waals surface area contributed by atoms with E-state index in [0.717, 1.165) is 31.1 Å². The number of hydrogen-bond donors (Lipinski definition) is 1. The number of sulfonamides is 1. The van der Waals surface area contributed by atoms with Crippen molar-refractivity contribution in [1.82, 2.24) is 8.87 Å². The Kier molecular flexibility index (Phi) is 6.31. The highest BCUT2D eigenvalue weighted by atomic mass is 32.2. The van der Waals surface area contributed by atoms with Crippen LogP contribution in [0.1, 0.15) is 32.2 Å². The van der Waals surface area contributed by atoms with Crippen molar-refractivity contribution in [2.75, 3.05) is 26.5 Å². The average Bonchev–Trinajstić information content (AvgIpc) is 3.19. The van der Waals surface area contributed by atoms with Gasteiger partial charge in [-0.2, -0.15) is 0 Å². The molecule has 3 aromatic rings.